The van der Waals surface area contributed by atoms with Crippen LogP contribution in [0.1, 0.15) is 45.9 Å². The fourth-order valence-electron chi connectivity index (χ4n) is 3.37. The van der Waals surface area contributed by atoms with E-state index in [1.165, 1.54) is 5.69 Å². The van der Waals surface area contributed by atoms with Crippen LogP contribution in [0.2, 0.25) is 0 Å². The van der Waals surface area contributed by atoms with Crippen LogP contribution in [0.4, 0.5) is 17.2 Å². The lowest BCUT2D eigenvalue weighted by Gasteiger charge is -2.25. The maximum absolute atomic E-state index is 12.6. The summed E-state index contributed by atoms with van der Waals surface area (Å²) in [4.78, 5) is 24.7. The lowest BCUT2D eigenvalue weighted by atomic mass is 10.2. The number of nitrogens with one attached hydrogen (secondary N) is 2. The van der Waals surface area contributed by atoms with Crippen LogP contribution in [0.15, 0.2) is 30.3 Å². The average molecular weight is 416 g/mol. The van der Waals surface area contributed by atoms with E-state index in [4.69, 9.17) is 12.2 Å². The van der Waals surface area contributed by atoms with Gasteiger partial charge in [0.2, 0.25) is 5.91 Å². The lowest BCUT2D eigenvalue weighted by molar-refractivity contribution is -0.116. The number of carbonyl (C=O) groups excluding carboxylic acids is 1. The summed E-state index contributed by atoms with van der Waals surface area (Å²) in [6.07, 6.45) is 2.28. The van der Waals surface area contributed by atoms with Crippen molar-refractivity contribution in [2.24, 2.45) is 0 Å². The minimum atomic E-state index is -0.0342. The normalized spacial score (nSPS) is 10.6. The monoisotopic (exact) mass is 415 g/mol. The molecule has 29 heavy (non-hydrogen) atoms. The predicted octanol–water partition coefficient (Wildman–Crippen LogP) is 4.93. The third-order valence-corrected chi connectivity index (χ3v) is 5.11. The Morgan fingerprint density at radius 1 is 1.10 bits per heavy atom. The molecule has 0 aliphatic heterocycles. The number of para-hydroxylation sites is 1. The zero-order valence-corrected chi connectivity index (χ0v) is 18.8. The third-order valence-electron chi connectivity index (χ3n) is 4.81. The number of benzene rings is 1. The van der Waals surface area contributed by atoms with E-state index in [2.05, 4.69) is 58.0 Å². The molecule has 0 bridgehead atoms. The first-order valence-electron chi connectivity index (χ1n) is 10.5. The van der Waals surface area contributed by atoms with Gasteiger partial charge in [-0.25, -0.2) is 4.98 Å². The molecule has 0 saturated carbocycles. The van der Waals surface area contributed by atoms with E-state index in [0.717, 1.165) is 50.7 Å². The molecule has 2 rings (SSSR count). The molecule has 0 radical (unpaired) electrons. The van der Waals surface area contributed by atoms with Crippen LogP contribution in [0.3, 0.4) is 0 Å². The highest BCUT2D eigenvalue weighted by Gasteiger charge is 2.15. The maximum atomic E-state index is 12.6. The smallest absolute Gasteiger partial charge is 0.224 e. The molecule has 2 N–H and O–H groups in total. The van der Waals surface area contributed by atoms with Gasteiger partial charge in [0.15, 0.2) is 4.64 Å². The van der Waals surface area contributed by atoms with E-state index >= 15 is 0 Å². The summed E-state index contributed by atoms with van der Waals surface area (Å²) >= 11 is 5.43. The Labute approximate surface area is 179 Å². The molecular weight excluding hydrogens is 382 g/mol. The molecule has 0 atom stereocenters. The zero-order valence-electron chi connectivity index (χ0n) is 18.0. The van der Waals surface area contributed by atoms with Gasteiger partial charge in [-0.15, -0.1) is 0 Å². The van der Waals surface area contributed by atoms with Crippen molar-refractivity contribution < 1.29 is 4.79 Å². The second kappa shape index (κ2) is 11.6. The molecule has 158 valence electrons. The fraction of sp³-hybridized carbons (Fsp3) is 0.500. The number of anilines is 3. The van der Waals surface area contributed by atoms with Crippen molar-refractivity contribution in [1.29, 1.82) is 0 Å². The zero-order chi connectivity index (χ0) is 21.2. The molecular formula is C22H33N5OS. The number of rotatable bonds is 11. The van der Waals surface area contributed by atoms with Crippen molar-refractivity contribution in [2.45, 2.75) is 47.0 Å². The molecule has 7 heteroatoms. The average Bonchev–Trinajstić information content (AvgIpc) is 2.71. The fourth-order valence-corrected chi connectivity index (χ4v) is 3.66. The Balaban J connectivity index is 2.03. The third kappa shape index (κ3) is 6.56. The van der Waals surface area contributed by atoms with Gasteiger partial charge < -0.3 is 20.1 Å². The summed E-state index contributed by atoms with van der Waals surface area (Å²) in [5.74, 6) is 1.54. The number of hydrogen-bond acceptors (Lipinski definition) is 5. The molecule has 0 aliphatic carbocycles. The van der Waals surface area contributed by atoms with Crippen LogP contribution >= 0.6 is 12.2 Å². The first-order chi connectivity index (χ1) is 14.0. The molecule has 0 fully saturated rings. The van der Waals surface area contributed by atoms with E-state index < -0.39 is 0 Å². The standard InChI is InChI=1S/C22H33N5OS/c1-5-15-27(18-12-9-8-10-13-18)16-11-14-19(28)25-20-21(26(6-2)7-3)23-17(4)24-22(20)29/h8-10,12-13H,5-7,11,14-16H2,1-4H3,(H,25,28)(H,23,24,29). The molecule has 0 unspecified atom stereocenters. The van der Waals surface area contributed by atoms with Crippen molar-refractivity contribution in [3.8, 4) is 0 Å². The van der Waals surface area contributed by atoms with Crippen LogP contribution in [0.25, 0.3) is 0 Å². The number of aryl methyl sites for hydroxylation is 1. The summed E-state index contributed by atoms with van der Waals surface area (Å²) < 4.78 is 0.424. The summed E-state index contributed by atoms with van der Waals surface area (Å²) in [5, 5.41) is 3.00. The summed E-state index contributed by atoms with van der Waals surface area (Å²) in [7, 11) is 0. The van der Waals surface area contributed by atoms with Crippen molar-refractivity contribution in [3.63, 3.8) is 0 Å². The summed E-state index contributed by atoms with van der Waals surface area (Å²) in [5.41, 5.74) is 1.80. The highest BCUT2D eigenvalue weighted by molar-refractivity contribution is 7.71. The Morgan fingerprint density at radius 2 is 1.79 bits per heavy atom. The number of nitrogens with zero attached hydrogens (tertiary/aromatic N) is 3. The first kappa shape index (κ1) is 22.9. The van der Waals surface area contributed by atoms with Crippen LogP contribution in [-0.2, 0) is 4.79 Å². The van der Waals surface area contributed by atoms with E-state index in [9.17, 15) is 4.79 Å². The van der Waals surface area contributed by atoms with Crippen molar-refractivity contribution in [1.82, 2.24) is 9.97 Å². The molecule has 0 aliphatic rings. The number of aromatic amines is 1. The van der Waals surface area contributed by atoms with E-state index in [1.54, 1.807) is 0 Å². The van der Waals surface area contributed by atoms with Gasteiger partial charge in [-0.05, 0) is 45.7 Å². The molecule has 1 heterocycles. The molecule has 1 aromatic heterocycles. The van der Waals surface area contributed by atoms with Gasteiger partial charge >= 0.3 is 0 Å². The van der Waals surface area contributed by atoms with Gasteiger partial charge in [0.1, 0.15) is 17.3 Å². The highest BCUT2D eigenvalue weighted by atomic mass is 32.1. The maximum Gasteiger partial charge on any atom is 0.224 e. The Morgan fingerprint density at radius 3 is 2.41 bits per heavy atom. The molecule has 1 amide bonds. The number of H-pyrrole nitrogens is 1. The number of hydrogen-bond donors (Lipinski definition) is 2. The minimum Gasteiger partial charge on any atom is -0.372 e. The predicted molar refractivity (Wildman–Crippen MR) is 125 cm³/mol. The summed E-state index contributed by atoms with van der Waals surface area (Å²) in [6.45, 7) is 11.7. The van der Waals surface area contributed by atoms with Crippen molar-refractivity contribution in [2.75, 3.05) is 41.3 Å². The van der Waals surface area contributed by atoms with Gasteiger partial charge in [-0.1, -0.05) is 37.3 Å². The lowest BCUT2D eigenvalue weighted by Crippen LogP contribution is -2.27. The van der Waals surface area contributed by atoms with Crippen LogP contribution in [0, 0.1) is 11.6 Å². The second-order valence-electron chi connectivity index (χ2n) is 7.00. The highest BCUT2D eigenvalue weighted by Crippen LogP contribution is 2.24. The molecule has 6 nitrogen and oxygen atoms in total. The van der Waals surface area contributed by atoms with E-state index in [-0.39, 0.29) is 5.91 Å². The van der Waals surface area contributed by atoms with Crippen LogP contribution < -0.4 is 15.1 Å². The molecule has 0 saturated heterocycles. The first-order valence-corrected chi connectivity index (χ1v) is 10.9. The van der Waals surface area contributed by atoms with E-state index in [0.29, 0.717) is 16.7 Å². The van der Waals surface area contributed by atoms with Crippen LogP contribution in [-0.4, -0.2) is 42.1 Å². The van der Waals surface area contributed by atoms with Crippen LogP contribution in [0.5, 0.6) is 0 Å². The van der Waals surface area contributed by atoms with E-state index in [1.807, 2.05) is 25.1 Å². The number of amides is 1. The van der Waals surface area contributed by atoms with Gasteiger partial charge in [0.25, 0.3) is 0 Å². The largest absolute Gasteiger partial charge is 0.372 e. The Bertz CT molecular complexity index is 833. The second-order valence-corrected chi connectivity index (χ2v) is 7.38. The quantitative estimate of drug-likeness (QED) is 0.510. The van der Waals surface area contributed by atoms with Crippen molar-refractivity contribution in [3.05, 3.63) is 40.8 Å². The SMILES string of the molecule is CCCN(CCCC(=O)Nc1c(N(CC)CC)[nH]c(C)nc1=S)c1ccccc1. The van der Waals surface area contributed by atoms with Gasteiger partial charge in [-0.2, -0.15) is 0 Å². The van der Waals surface area contributed by atoms with Gasteiger partial charge in [0.05, 0.1) is 0 Å². The molecule has 0 spiro atoms. The minimum absolute atomic E-state index is 0.0342. The number of aromatic nitrogens is 2. The van der Waals surface area contributed by atoms with Gasteiger partial charge in [0, 0.05) is 38.3 Å². The Hall–Kier alpha value is -2.41. The van der Waals surface area contributed by atoms with Gasteiger partial charge in [-0.3, -0.25) is 4.79 Å². The number of carbonyl (C=O) groups is 1. The topological polar surface area (TPSA) is 64.3 Å². The van der Waals surface area contributed by atoms with Crippen molar-refractivity contribution >= 4 is 35.3 Å². The summed E-state index contributed by atoms with van der Waals surface area (Å²) in [6, 6.07) is 10.3. The molecule has 1 aromatic carbocycles. The Kier molecular flexibility index (Phi) is 9.12. The molecule has 2 aromatic rings.